The van der Waals surface area contributed by atoms with Crippen molar-refractivity contribution < 1.29 is 4.43 Å². The quantitative estimate of drug-likeness (QED) is 0.360. The molecule has 37 valence electrons. The molecular formula is C5H7OSi. The van der Waals surface area contributed by atoms with Gasteiger partial charge in [0.2, 0.25) is 0 Å². The predicted molar refractivity (Wildman–Crippen MR) is 29.5 cm³/mol. The van der Waals surface area contributed by atoms with Gasteiger partial charge in [0.25, 0.3) is 0 Å². The smallest absolute Gasteiger partial charge is 0.359 e. The number of rotatable bonds is 1. The van der Waals surface area contributed by atoms with E-state index < -0.39 is 0 Å². The van der Waals surface area contributed by atoms with E-state index in [1.807, 2.05) is 0 Å². The second-order valence-corrected chi connectivity index (χ2v) is 1.34. The molecule has 0 aliphatic rings. The average Bonchev–Trinajstić information content (AvgIpc) is 1.69. The van der Waals surface area contributed by atoms with E-state index in [-0.39, 0.29) is 0 Å². The van der Waals surface area contributed by atoms with Gasteiger partial charge in [-0.15, -0.1) is 0 Å². The van der Waals surface area contributed by atoms with E-state index in [2.05, 4.69) is 33.9 Å². The molecule has 3 radical (unpaired) electrons. The second-order valence-electron chi connectivity index (χ2n) is 1.13. The van der Waals surface area contributed by atoms with Crippen LogP contribution in [-0.4, -0.2) is 10.5 Å². The van der Waals surface area contributed by atoms with E-state index in [0.717, 1.165) is 12.8 Å². The van der Waals surface area contributed by atoms with E-state index >= 15 is 0 Å². The largest absolute Gasteiger partial charge is 0.500 e. The monoisotopic (exact) mass is 111 g/mol. The Morgan fingerprint density at radius 3 is 2.86 bits per heavy atom. The minimum Gasteiger partial charge on any atom is -0.500 e. The first-order valence-corrected chi connectivity index (χ1v) is 2.63. The summed E-state index contributed by atoms with van der Waals surface area (Å²) < 4.78 is 4.29. The molecule has 0 heterocycles. The minimum atomic E-state index is 0.907. The van der Waals surface area contributed by atoms with Crippen molar-refractivity contribution in [1.29, 1.82) is 0 Å². The maximum Gasteiger partial charge on any atom is 0.359 e. The average molecular weight is 111 g/mol. The highest BCUT2D eigenvalue weighted by molar-refractivity contribution is 5.98. The van der Waals surface area contributed by atoms with Crippen LogP contribution in [0.2, 0.25) is 0 Å². The van der Waals surface area contributed by atoms with Crippen molar-refractivity contribution in [2.45, 2.75) is 19.8 Å². The lowest BCUT2D eigenvalue weighted by Gasteiger charge is -1.76. The SMILES string of the molecule is CCCC#CO[Si]. The Morgan fingerprint density at radius 2 is 2.43 bits per heavy atom. The molecule has 7 heavy (non-hydrogen) atoms. The molecule has 0 atom stereocenters. The summed E-state index contributed by atoms with van der Waals surface area (Å²) in [6.07, 6.45) is 4.41. The summed E-state index contributed by atoms with van der Waals surface area (Å²) in [5, 5.41) is 0. The van der Waals surface area contributed by atoms with Gasteiger partial charge in [-0.05, 0) is 6.42 Å². The van der Waals surface area contributed by atoms with Gasteiger partial charge in [-0.3, -0.25) is 0 Å². The van der Waals surface area contributed by atoms with Crippen molar-refractivity contribution in [2.75, 3.05) is 0 Å². The van der Waals surface area contributed by atoms with Gasteiger partial charge in [-0.2, -0.15) is 0 Å². The Labute approximate surface area is 47.6 Å². The first kappa shape index (κ1) is 6.58. The zero-order chi connectivity index (χ0) is 5.54. The van der Waals surface area contributed by atoms with E-state index in [0.29, 0.717) is 0 Å². The number of hydrogen-bond donors (Lipinski definition) is 0. The molecule has 0 fully saturated rings. The molecule has 0 unspecified atom stereocenters. The summed E-state index contributed by atoms with van der Waals surface area (Å²) in [5.74, 6) is 2.76. The molecule has 0 saturated carbocycles. The summed E-state index contributed by atoms with van der Waals surface area (Å²) in [7, 11) is 2.75. The lowest BCUT2D eigenvalue weighted by molar-refractivity contribution is 0.577. The van der Waals surface area contributed by atoms with Crippen molar-refractivity contribution in [3.05, 3.63) is 0 Å². The van der Waals surface area contributed by atoms with Gasteiger partial charge in [0.05, 0.1) is 6.11 Å². The van der Waals surface area contributed by atoms with Crippen molar-refractivity contribution in [3.8, 4) is 12.0 Å². The fourth-order valence-corrected chi connectivity index (χ4v) is 0.284. The first-order valence-electron chi connectivity index (χ1n) is 2.22. The predicted octanol–water partition coefficient (Wildman–Crippen LogP) is 0.847. The summed E-state index contributed by atoms with van der Waals surface area (Å²) in [6, 6.07) is 0. The molecule has 0 N–H and O–H groups in total. The number of hydrogen-bond acceptors (Lipinski definition) is 1. The van der Waals surface area contributed by atoms with Crippen molar-refractivity contribution in [3.63, 3.8) is 0 Å². The van der Waals surface area contributed by atoms with Crippen LogP contribution in [-0.2, 0) is 4.43 Å². The van der Waals surface area contributed by atoms with Gasteiger partial charge in [-0.25, -0.2) is 0 Å². The summed E-state index contributed by atoms with van der Waals surface area (Å²) in [6.45, 7) is 2.07. The van der Waals surface area contributed by atoms with Gasteiger partial charge in [0.1, 0.15) is 0 Å². The molecule has 1 nitrogen and oxygen atoms in total. The summed E-state index contributed by atoms with van der Waals surface area (Å²) >= 11 is 0. The molecule has 0 rings (SSSR count). The third-order valence-corrected chi connectivity index (χ3v) is 0.600. The van der Waals surface area contributed by atoms with E-state index in [1.54, 1.807) is 0 Å². The van der Waals surface area contributed by atoms with Crippen molar-refractivity contribution >= 4 is 10.5 Å². The van der Waals surface area contributed by atoms with Crippen LogP contribution in [0.3, 0.4) is 0 Å². The van der Waals surface area contributed by atoms with E-state index in [9.17, 15) is 0 Å². The van der Waals surface area contributed by atoms with Gasteiger partial charge in [0.15, 0.2) is 0 Å². The fourth-order valence-electron chi connectivity index (χ4n) is 0.212. The van der Waals surface area contributed by atoms with Crippen LogP contribution in [0.25, 0.3) is 0 Å². The van der Waals surface area contributed by atoms with Crippen LogP contribution >= 0.6 is 0 Å². The molecule has 2 heteroatoms. The Hall–Kier alpha value is -0.423. The first-order chi connectivity index (χ1) is 3.41. The zero-order valence-corrected chi connectivity index (χ0v) is 5.32. The van der Waals surface area contributed by atoms with E-state index in [1.165, 1.54) is 0 Å². The zero-order valence-electron chi connectivity index (χ0n) is 4.32. The van der Waals surface area contributed by atoms with Crippen molar-refractivity contribution in [1.82, 2.24) is 0 Å². The molecule has 0 aromatic heterocycles. The molecular weight excluding hydrogens is 104 g/mol. The Morgan fingerprint density at radius 1 is 1.71 bits per heavy atom. The van der Waals surface area contributed by atoms with Gasteiger partial charge < -0.3 is 4.43 Å². The molecule has 0 amide bonds. The van der Waals surface area contributed by atoms with Crippen LogP contribution in [0.1, 0.15) is 19.8 Å². The molecule has 0 spiro atoms. The van der Waals surface area contributed by atoms with Gasteiger partial charge in [-0.1, -0.05) is 12.8 Å². The Balaban J connectivity index is 2.91. The molecule has 0 saturated heterocycles. The topological polar surface area (TPSA) is 9.23 Å². The van der Waals surface area contributed by atoms with Gasteiger partial charge >= 0.3 is 10.5 Å². The highest BCUT2D eigenvalue weighted by atomic mass is 28.2. The Bertz CT molecular complexity index is 79.8. The Kier molecular flexibility index (Phi) is 5.24. The maximum atomic E-state index is 4.29. The van der Waals surface area contributed by atoms with Crippen LogP contribution in [0, 0.1) is 12.0 Å². The fraction of sp³-hybridized carbons (Fsp3) is 0.600. The van der Waals surface area contributed by atoms with Crippen LogP contribution < -0.4 is 0 Å². The molecule has 0 aliphatic heterocycles. The highest BCUT2D eigenvalue weighted by Crippen LogP contribution is 1.79. The molecule has 0 aliphatic carbocycles. The highest BCUT2D eigenvalue weighted by Gasteiger charge is 1.66. The van der Waals surface area contributed by atoms with E-state index in [4.69, 9.17) is 0 Å². The molecule has 0 aromatic carbocycles. The molecule has 0 bridgehead atoms. The van der Waals surface area contributed by atoms with Gasteiger partial charge in [0, 0.05) is 6.42 Å². The normalized spacial score (nSPS) is 6.57. The van der Waals surface area contributed by atoms with Crippen LogP contribution in [0.15, 0.2) is 0 Å². The van der Waals surface area contributed by atoms with Crippen LogP contribution in [0.5, 0.6) is 0 Å². The van der Waals surface area contributed by atoms with Crippen molar-refractivity contribution in [2.24, 2.45) is 0 Å². The third-order valence-electron chi connectivity index (χ3n) is 0.498. The summed E-state index contributed by atoms with van der Waals surface area (Å²) in [4.78, 5) is 0. The number of unbranched alkanes of at least 4 members (excludes halogenated alkanes) is 1. The minimum absolute atomic E-state index is 0.907. The second kappa shape index (κ2) is 5.58. The standard InChI is InChI=1S/C5H7OSi/c1-2-3-4-5-6-7/h2-3H2,1H3. The lowest BCUT2D eigenvalue weighted by Crippen LogP contribution is -1.67. The van der Waals surface area contributed by atoms with Crippen LogP contribution in [0.4, 0.5) is 0 Å². The molecule has 0 aromatic rings. The third kappa shape index (κ3) is 5.58. The lowest BCUT2D eigenvalue weighted by atomic mass is 10.4. The maximum absolute atomic E-state index is 4.29. The summed E-state index contributed by atoms with van der Waals surface area (Å²) in [5.41, 5.74) is 0.